The molecule has 1 atom stereocenters. The predicted octanol–water partition coefficient (Wildman–Crippen LogP) is 2.33. The quantitative estimate of drug-likeness (QED) is 0.770. The second kappa shape index (κ2) is 9.01. The number of aromatic amines is 1. The summed E-state index contributed by atoms with van der Waals surface area (Å²) in [6.45, 7) is 6.36. The maximum Gasteiger partial charge on any atom is 0.257 e. The number of H-pyrrole nitrogens is 1. The Morgan fingerprint density at radius 1 is 1.36 bits per heavy atom. The van der Waals surface area contributed by atoms with E-state index in [1.165, 1.54) is 6.07 Å². The number of para-hydroxylation sites is 1. The van der Waals surface area contributed by atoms with Crippen molar-refractivity contribution in [3.63, 3.8) is 0 Å². The molecule has 0 spiro atoms. The molecule has 0 saturated heterocycles. The van der Waals surface area contributed by atoms with Crippen molar-refractivity contribution in [3.05, 3.63) is 57.8 Å². The van der Waals surface area contributed by atoms with Crippen molar-refractivity contribution in [2.75, 3.05) is 13.2 Å². The maximum absolute atomic E-state index is 12.0. The number of nitrogens with one attached hydrogen (secondary N) is 2. The first-order valence-electron chi connectivity index (χ1n) is 8.55. The Labute approximate surface area is 147 Å². The van der Waals surface area contributed by atoms with Crippen LogP contribution < -0.4 is 15.6 Å². The molecule has 134 valence electrons. The largest absolute Gasteiger partial charge is 0.483 e. The van der Waals surface area contributed by atoms with E-state index in [-0.39, 0.29) is 18.1 Å². The molecule has 2 N–H and O–H groups in total. The standard InChI is InChI=1S/C19H25N3O3/c1-4-13(2)16-7-5-6-8-17(16)25-12-19(24)20-10-9-15-11-18(23)22-14(3)21-15/h5-8,11,13H,4,9-10,12H2,1-3H3,(H,20,24)(H,21,22,23)/t13-/m1/s1. The van der Waals surface area contributed by atoms with Crippen LogP contribution in [0.2, 0.25) is 0 Å². The van der Waals surface area contributed by atoms with Crippen molar-refractivity contribution in [1.29, 1.82) is 0 Å². The van der Waals surface area contributed by atoms with E-state index in [2.05, 4.69) is 29.1 Å². The van der Waals surface area contributed by atoms with Crippen LogP contribution in [0.25, 0.3) is 0 Å². The topological polar surface area (TPSA) is 84.1 Å². The molecule has 1 amide bonds. The van der Waals surface area contributed by atoms with E-state index < -0.39 is 0 Å². The number of amides is 1. The van der Waals surface area contributed by atoms with Crippen molar-refractivity contribution in [3.8, 4) is 5.75 Å². The molecule has 0 bridgehead atoms. The SMILES string of the molecule is CC[C@@H](C)c1ccccc1OCC(=O)NCCc1cc(=O)[nH]c(C)n1. The van der Waals surface area contributed by atoms with Crippen molar-refractivity contribution in [2.24, 2.45) is 0 Å². The summed E-state index contributed by atoms with van der Waals surface area (Å²) in [5.74, 6) is 1.50. The lowest BCUT2D eigenvalue weighted by molar-refractivity contribution is -0.123. The number of rotatable bonds is 8. The van der Waals surface area contributed by atoms with Gasteiger partial charge in [-0.25, -0.2) is 4.98 Å². The first-order valence-corrected chi connectivity index (χ1v) is 8.55. The minimum atomic E-state index is -0.194. The van der Waals surface area contributed by atoms with Crippen LogP contribution in [0.1, 0.15) is 43.3 Å². The Morgan fingerprint density at radius 3 is 2.84 bits per heavy atom. The van der Waals surface area contributed by atoms with Gasteiger partial charge in [-0.3, -0.25) is 9.59 Å². The summed E-state index contributed by atoms with van der Waals surface area (Å²) < 4.78 is 5.68. The van der Waals surface area contributed by atoms with Gasteiger partial charge < -0.3 is 15.0 Å². The number of benzene rings is 1. The van der Waals surface area contributed by atoms with Gasteiger partial charge in [0.2, 0.25) is 0 Å². The van der Waals surface area contributed by atoms with Gasteiger partial charge in [0.1, 0.15) is 11.6 Å². The molecule has 0 fully saturated rings. The van der Waals surface area contributed by atoms with Gasteiger partial charge in [-0.15, -0.1) is 0 Å². The number of aromatic nitrogens is 2. The molecule has 2 aromatic rings. The monoisotopic (exact) mass is 343 g/mol. The van der Waals surface area contributed by atoms with E-state index in [0.29, 0.717) is 30.4 Å². The van der Waals surface area contributed by atoms with Gasteiger partial charge in [0.15, 0.2) is 6.61 Å². The molecule has 25 heavy (non-hydrogen) atoms. The molecule has 0 aliphatic rings. The molecule has 0 radical (unpaired) electrons. The zero-order valence-corrected chi connectivity index (χ0v) is 15.0. The van der Waals surface area contributed by atoms with Gasteiger partial charge in [-0.05, 0) is 30.9 Å². The van der Waals surface area contributed by atoms with Crippen LogP contribution >= 0.6 is 0 Å². The van der Waals surface area contributed by atoms with Gasteiger partial charge in [0.05, 0.1) is 0 Å². The summed E-state index contributed by atoms with van der Waals surface area (Å²) in [6, 6.07) is 9.24. The molecule has 2 rings (SSSR count). The minimum Gasteiger partial charge on any atom is -0.483 e. The Hall–Kier alpha value is -2.63. The summed E-state index contributed by atoms with van der Waals surface area (Å²) in [7, 11) is 0. The molecular weight excluding hydrogens is 318 g/mol. The van der Waals surface area contributed by atoms with E-state index in [1.807, 2.05) is 24.3 Å². The van der Waals surface area contributed by atoms with E-state index in [0.717, 1.165) is 17.7 Å². The molecule has 6 heteroatoms. The number of carbonyl (C=O) groups is 1. The summed E-state index contributed by atoms with van der Waals surface area (Å²) in [4.78, 5) is 30.2. The zero-order valence-electron chi connectivity index (χ0n) is 15.0. The zero-order chi connectivity index (χ0) is 18.2. The first kappa shape index (κ1) is 18.7. The second-order valence-corrected chi connectivity index (χ2v) is 6.06. The lowest BCUT2D eigenvalue weighted by atomic mass is 9.98. The fourth-order valence-electron chi connectivity index (χ4n) is 2.53. The third-order valence-electron chi connectivity index (χ3n) is 4.04. The van der Waals surface area contributed by atoms with Crippen LogP contribution in [0.5, 0.6) is 5.75 Å². The van der Waals surface area contributed by atoms with Crippen LogP contribution in [-0.2, 0) is 11.2 Å². The third-order valence-corrected chi connectivity index (χ3v) is 4.04. The number of carbonyl (C=O) groups excluding carboxylic acids is 1. The summed E-state index contributed by atoms with van der Waals surface area (Å²) in [5, 5.41) is 2.79. The summed E-state index contributed by atoms with van der Waals surface area (Å²) >= 11 is 0. The molecule has 1 aromatic carbocycles. The Kier molecular flexibility index (Phi) is 6.74. The van der Waals surface area contributed by atoms with Gasteiger partial charge in [0.25, 0.3) is 11.5 Å². The molecule has 6 nitrogen and oxygen atoms in total. The minimum absolute atomic E-state index is 0.0325. The average Bonchev–Trinajstić information content (AvgIpc) is 2.58. The third kappa shape index (κ3) is 5.74. The molecule has 0 aliphatic heterocycles. The number of hydrogen-bond donors (Lipinski definition) is 2. The molecule has 1 heterocycles. The second-order valence-electron chi connectivity index (χ2n) is 6.06. The maximum atomic E-state index is 12.0. The highest BCUT2D eigenvalue weighted by atomic mass is 16.5. The smallest absolute Gasteiger partial charge is 0.257 e. The number of ether oxygens (including phenoxy) is 1. The summed E-state index contributed by atoms with van der Waals surface area (Å²) in [5.41, 5.74) is 1.59. The van der Waals surface area contributed by atoms with Gasteiger partial charge >= 0.3 is 0 Å². The fraction of sp³-hybridized carbons (Fsp3) is 0.421. The Bertz CT molecular complexity index is 771. The van der Waals surface area contributed by atoms with Gasteiger partial charge in [-0.2, -0.15) is 0 Å². The highest BCUT2D eigenvalue weighted by Gasteiger charge is 2.11. The van der Waals surface area contributed by atoms with Crippen molar-refractivity contribution in [1.82, 2.24) is 15.3 Å². The molecule has 0 saturated carbocycles. The van der Waals surface area contributed by atoms with E-state index in [1.54, 1.807) is 6.92 Å². The Morgan fingerprint density at radius 2 is 2.12 bits per heavy atom. The van der Waals surface area contributed by atoms with Crippen LogP contribution in [0.15, 0.2) is 35.1 Å². The highest BCUT2D eigenvalue weighted by molar-refractivity contribution is 5.77. The average molecular weight is 343 g/mol. The number of hydrogen-bond acceptors (Lipinski definition) is 4. The first-order chi connectivity index (χ1) is 12.0. The van der Waals surface area contributed by atoms with Crippen molar-refractivity contribution in [2.45, 2.75) is 39.5 Å². The van der Waals surface area contributed by atoms with Gasteiger partial charge in [0, 0.05) is 24.7 Å². The lowest BCUT2D eigenvalue weighted by Gasteiger charge is -2.15. The van der Waals surface area contributed by atoms with Crippen LogP contribution in [0.3, 0.4) is 0 Å². The predicted molar refractivity (Wildman–Crippen MR) is 97.0 cm³/mol. The normalized spacial score (nSPS) is 11.8. The van der Waals surface area contributed by atoms with E-state index in [4.69, 9.17) is 4.74 Å². The highest BCUT2D eigenvalue weighted by Crippen LogP contribution is 2.28. The number of aryl methyl sites for hydroxylation is 1. The number of nitrogens with zero attached hydrogens (tertiary/aromatic N) is 1. The molecule has 0 unspecified atom stereocenters. The van der Waals surface area contributed by atoms with Crippen LogP contribution in [0.4, 0.5) is 0 Å². The summed E-state index contributed by atoms with van der Waals surface area (Å²) in [6.07, 6.45) is 1.51. The molecule has 0 aliphatic carbocycles. The van der Waals surface area contributed by atoms with Crippen molar-refractivity contribution >= 4 is 5.91 Å². The molecular formula is C19H25N3O3. The van der Waals surface area contributed by atoms with Crippen LogP contribution in [-0.4, -0.2) is 29.0 Å². The van der Waals surface area contributed by atoms with Gasteiger partial charge in [-0.1, -0.05) is 32.0 Å². The Balaban J connectivity index is 1.82. The molecule has 1 aromatic heterocycles. The van der Waals surface area contributed by atoms with Crippen molar-refractivity contribution < 1.29 is 9.53 Å². The van der Waals surface area contributed by atoms with Crippen LogP contribution in [0, 0.1) is 6.92 Å². The van der Waals surface area contributed by atoms with E-state index in [9.17, 15) is 9.59 Å². The lowest BCUT2D eigenvalue weighted by Crippen LogP contribution is -2.31. The van der Waals surface area contributed by atoms with E-state index >= 15 is 0 Å². The fourth-order valence-corrected chi connectivity index (χ4v) is 2.53.